The minimum atomic E-state index is -3.42. The first kappa shape index (κ1) is 19.1. The Kier molecular flexibility index (Phi) is 5.29. The first-order chi connectivity index (χ1) is 12.8. The van der Waals surface area contributed by atoms with Crippen LogP contribution in [0.5, 0.6) is 0 Å². The lowest BCUT2D eigenvalue weighted by molar-refractivity contribution is 0.577. The molecule has 27 heavy (non-hydrogen) atoms. The maximum atomic E-state index is 12.1. The Morgan fingerprint density at radius 2 is 1.81 bits per heavy atom. The number of aryl methyl sites for hydroxylation is 2. The molecule has 0 spiro atoms. The molecule has 0 aliphatic carbocycles. The van der Waals surface area contributed by atoms with Crippen molar-refractivity contribution in [2.24, 2.45) is 14.1 Å². The lowest BCUT2D eigenvalue weighted by Crippen LogP contribution is -2.36. The Balaban J connectivity index is 1.63. The van der Waals surface area contributed by atoms with Crippen molar-refractivity contribution in [3.05, 3.63) is 62.6 Å². The van der Waals surface area contributed by atoms with Gasteiger partial charge >= 0.3 is 5.69 Å². The van der Waals surface area contributed by atoms with Crippen LogP contribution in [-0.2, 0) is 36.3 Å². The summed E-state index contributed by atoms with van der Waals surface area (Å²) in [6.45, 7) is 0.253. The second kappa shape index (κ2) is 7.49. The molecule has 2 aromatic heterocycles. The minimum Gasteiger partial charge on any atom is -0.336 e. The molecule has 0 fully saturated rings. The highest BCUT2D eigenvalue weighted by Crippen LogP contribution is 2.07. The number of imidazole rings is 1. The Morgan fingerprint density at radius 3 is 2.52 bits per heavy atom. The number of sulfonamides is 1. The molecule has 0 bridgehead atoms. The van der Waals surface area contributed by atoms with Crippen LogP contribution in [0.15, 0.2) is 39.9 Å². The van der Waals surface area contributed by atoms with Gasteiger partial charge in [0.2, 0.25) is 10.0 Å². The van der Waals surface area contributed by atoms with Crippen molar-refractivity contribution in [2.45, 2.75) is 18.6 Å². The van der Waals surface area contributed by atoms with Crippen LogP contribution in [0.3, 0.4) is 0 Å². The third kappa shape index (κ3) is 4.17. The fraction of sp³-hybridized carbons (Fsp3) is 0.353. The molecular formula is C17H21N5O4S. The van der Waals surface area contributed by atoms with Gasteiger partial charge in [-0.2, -0.15) is 0 Å². The Hall–Kier alpha value is -2.72. The van der Waals surface area contributed by atoms with E-state index in [4.69, 9.17) is 0 Å². The highest BCUT2D eigenvalue weighted by Gasteiger charge is 2.14. The molecule has 2 N–H and O–H groups in total. The van der Waals surface area contributed by atoms with Gasteiger partial charge in [0, 0.05) is 27.1 Å². The molecule has 0 aliphatic heterocycles. The largest absolute Gasteiger partial charge is 0.336 e. The monoisotopic (exact) mass is 391 g/mol. The molecular weight excluding hydrogens is 370 g/mol. The van der Waals surface area contributed by atoms with Crippen molar-refractivity contribution >= 4 is 21.2 Å². The van der Waals surface area contributed by atoms with Gasteiger partial charge in [0.15, 0.2) is 5.65 Å². The van der Waals surface area contributed by atoms with Gasteiger partial charge in [-0.3, -0.25) is 13.9 Å². The lowest BCUT2D eigenvalue weighted by atomic mass is 10.2. The van der Waals surface area contributed by atoms with Crippen LogP contribution in [0.2, 0.25) is 0 Å². The maximum absolute atomic E-state index is 12.1. The lowest BCUT2D eigenvalue weighted by Gasteiger charge is -2.06. The Labute approximate surface area is 155 Å². The van der Waals surface area contributed by atoms with Gasteiger partial charge in [-0.1, -0.05) is 30.3 Å². The van der Waals surface area contributed by atoms with Crippen molar-refractivity contribution in [1.29, 1.82) is 0 Å². The van der Waals surface area contributed by atoms with E-state index in [9.17, 15) is 18.0 Å². The maximum Gasteiger partial charge on any atom is 0.332 e. The van der Waals surface area contributed by atoms with E-state index in [1.54, 1.807) is 31.3 Å². The highest BCUT2D eigenvalue weighted by molar-refractivity contribution is 7.88. The van der Waals surface area contributed by atoms with E-state index in [1.807, 2.05) is 6.07 Å². The predicted octanol–water partition coefficient (Wildman–Crippen LogP) is 0.0125. The molecule has 0 saturated carbocycles. The number of fused-ring (bicyclic) bond motifs is 1. The van der Waals surface area contributed by atoms with Gasteiger partial charge in [-0.25, -0.2) is 22.9 Å². The molecule has 10 heteroatoms. The number of nitrogens with one attached hydrogen (secondary N) is 2. The first-order valence-electron chi connectivity index (χ1n) is 8.44. The molecule has 3 rings (SSSR count). The number of benzene rings is 1. The molecule has 9 nitrogen and oxygen atoms in total. The fourth-order valence-corrected chi connectivity index (χ4v) is 4.01. The Morgan fingerprint density at radius 1 is 1.11 bits per heavy atom. The summed E-state index contributed by atoms with van der Waals surface area (Å²) in [5, 5.41) is 0. The van der Waals surface area contributed by atoms with Gasteiger partial charge < -0.3 is 4.98 Å². The van der Waals surface area contributed by atoms with Crippen LogP contribution < -0.4 is 16.0 Å². The van der Waals surface area contributed by atoms with Gasteiger partial charge in [0.1, 0.15) is 11.3 Å². The molecule has 2 heterocycles. The van der Waals surface area contributed by atoms with E-state index in [-0.39, 0.29) is 17.8 Å². The topological polar surface area (TPSA) is 119 Å². The summed E-state index contributed by atoms with van der Waals surface area (Å²) in [5.74, 6) is 0.460. The summed E-state index contributed by atoms with van der Waals surface area (Å²) in [6.07, 6.45) is 0.946. The average Bonchev–Trinajstić information content (AvgIpc) is 3.07. The van der Waals surface area contributed by atoms with Crippen molar-refractivity contribution in [3.8, 4) is 0 Å². The highest BCUT2D eigenvalue weighted by atomic mass is 32.2. The minimum absolute atomic E-state index is 0.0728. The van der Waals surface area contributed by atoms with Gasteiger partial charge in [-0.15, -0.1) is 0 Å². The van der Waals surface area contributed by atoms with Crippen LogP contribution >= 0.6 is 0 Å². The van der Waals surface area contributed by atoms with Crippen LogP contribution in [0.4, 0.5) is 0 Å². The number of nitrogens with zero attached hydrogens (tertiary/aromatic N) is 3. The predicted molar refractivity (Wildman–Crippen MR) is 102 cm³/mol. The molecule has 0 radical (unpaired) electrons. The zero-order valence-corrected chi connectivity index (χ0v) is 15.9. The van der Waals surface area contributed by atoms with E-state index in [2.05, 4.69) is 14.7 Å². The van der Waals surface area contributed by atoms with Gasteiger partial charge in [-0.05, 0) is 12.0 Å². The Bertz CT molecular complexity index is 1180. The molecule has 0 unspecified atom stereocenters. The van der Waals surface area contributed by atoms with E-state index < -0.39 is 21.3 Å². The van der Waals surface area contributed by atoms with Crippen molar-refractivity contribution in [3.63, 3.8) is 0 Å². The number of hydrogen-bond donors (Lipinski definition) is 2. The summed E-state index contributed by atoms with van der Waals surface area (Å²) in [6, 6.07) is 8.95. The number of aromatic amines is 1. The summed E-state index contributed by atoms with van der Waals surface area (Å²) in [4.78, 5) is 31.3. The summed E-state index contributed by atoms with van der Waals surface area (Å²) < 4.78 is 29.1. The summed E-state index contributed by atoms with van der Waals surface area (Å²) >= 11 is 0. The first-order valence-corrected chi connectivity index (χ1v) is 10.1. The smallest absolute Gasteiger partial charge is 0.332 e. The number of hydrogen-bond acceptors (Lipinski definition) is 5. The summed E-state index contributed by atoms with van der Waals surface area (Å²) in [5.41, 5.74) is 0.399. The van der Waals surface area contributed by atoms with Crippen LogP contribution in [0.25, 0.3) is 11.2 Å². The molecule has 0 aliphatic rings. The number of rotatable bonds is 7. The standard InChI is InChI=1S/C17H21N5O4S/c1-21-15-14(16(23)22(2)17(21)24)19-13(20-15)9-6-10-18-27(25,26)11-12-7-4-3-5-8-12/h3-5,7-8,18H,6,9-11H2,1-2H3,(H,19,20). The van der Waals surface area contributed by atoms with Crippen molar-refractivity contribution in [1.82, 2.24) is 23.8 Å². The van der Waals surface area contributed by atoms with Gasteiger partial charge in [0.05, 0.1) is 5.75 Å². The van der Waals surface area contributed by atoms with Crippen molar-refractivity contribution in [2.75, 3.05) is 6.54 Å². The molecule has 1 aromatic carbocycles. The quantitative estimate of drug-likeness (QED) is 0.550. The van der Waals surface area contributed by atoms with E-state index >= 15 is 0 Å². The average molecular weight is 391 g/mol. The SMILES string of the molecule is Cn1c(=O)c2[nH]c(CCCNS(=O)(=O)Cc3ccccc3)nc2n(C)c1=O. The van der Waals surface area contributed by atoms with Crippen LogP contribution in [0.1, 0.15) is 17.8 Å². The van der Waals surface area contributed by atoms with E-state index in [0.29, 0.717) is 24.3 Å². The van der Waals surface area contributed by atoms with Crippen LogP contribution in [0, 0.1) is 0 Å². The number of aromatic nitrogens is 4. The molecule has 144 valence electrons. The van der Waals surface area contributed by atoms with E-state index in [1.165, 1.54) is 11.6 Å². The molecule has 0 atom stereocenters. The fourth-order valence-electron chi connectivity index (χ4n) is 2.82. The zero-order valence-electron chi connectivity index (χ0n) is 15.1. The molecule has 3 aromatic rings. The number of H-pyrrole nitrogens is 1. The second-order valence-electron chi connectivity index (χ2n) is 6.33. The normalized spacial score (nSPS) is 11.9. The van der Waals surface area contributed by atoms with Crippen molar-refractivity contribution < 1.29 is 8.42 Å². The third-order valence-electron chi connectivity index (χ3n) is 4.26. The second-order valence-corrected chi connectivity index (χ2v) is 8.14. The third-order valence-corrected chi connectivity index (χ3v) is 5.61. The van der Waals surface area contributed by atoms with Crippen LogP contribution in [-0.4, -0.2) is 34.1 Å². The van der Waals surface area contributed by atoms with E-state index in [0.717, 1.165) is 10.1 Å². The molecule has 0 saturated heterocycles. The van der Waals surface area contributed by atoms with Gasteiger partial charge in [0.25, 0.3) is 5.56 Å². The summed E-state index contributed by atoms with van der Waals surface area (Å²) in [7, 11) is -0.461. The zero-order chi connectivity index (χ0) is 19.6. The molecule has 0 amide bonds.